The number of halogens is 2. The Balaban J connectivity index is 1.89. The van der Waals surface area contributed by atoms with Crippen LogP contribution in [-0.2, 0) is 11.3 Å². The van der Waals surface area contributed by atoms with Gasteiger partial charge in [0.05, 0.1) is 17.9 Å². The van der Waals surface area contributed by atoms with Gasteiger partial charge in [-0.2, -0.15) is 5.10 Å². The van der Waals surface area contributed by atoms with E-state index in [9.17, 15) is 13.6 Å². The Morgan fingerprint density at radius 1 is 1.76 bits per heavy atom. The normalized spacial score (nSPS) is 19.8. The molecule has 0 aliphatic carbocycles. The SMILES string of the molecule is O=C(Nc1cnn(CC(F)F)c1)C1CSCN1. The molecule has 17 heavy (non-hydrogen) atoms. The molecule has 94 valence electrons. The third-order valence-electron chi connectivity index (χ3n) is 2.26. The van der Waals surface area contributed by atoms with Crippen LogP contribution >= 0.6 is 11.8 Å². The highest BCUT2D eigenvalue weighted by Crippen LogP contribution is 2.12. The van der Waals surface area contributed by atoms with E-state index in [1.54, 1.807) is 11.8 Å². The van der Waals surface area contributed by atoms with Crippen LogP contribution in [0.2, 0.25) is 0 Å². The molecule has 2 rings (SSSR count). The lowest BCUT2D eigenvalue weighted by Gasteiger charge is -2.08. The zero-order chi connectivity index (χ0) is 12.3. The summed E-state index contributed by atoms with van der Waals surface area (Å²) >= 11 is 1.64. The highest BCUT2D eigenvalue weighted by molar-refractivity contribution is 7.99. The van der Waals surface area contributed by atoms with E-state index in [0.29, 0.717) is 5.69 Å². The smallest absolute Gasteiger partial charge is 0.257 e. The standard InChI is InChI=1S/C9H12F2N4OS/c10-8(11)3-15-2-6(1-13-15)14-9(16)7-4-17-5-12-7/h1-2,7-8,12H,3-5H2,(H,14,16). The molecule has 1 amide bonds. The maximum Gasteiger partial charge on any atom is 0.257 e. The Bertz CT molecular complexity index is 392. The van der Waals surface area contributed by atoms with E-state index >= 15 is 0 Å². The first kappa shape index (κ1) is 12.3. The largest absolute Gasteiger partial charge is 0.322 e. The van der Waals surface area contributed by atoms with Crippen molar-refractivity contribution in [2.24, 2.45) is 0 Å². The first-order valence-corrected chi connectivity index (χ1v) is 6.23. The second-order valence-electron chi connectivity index (χ2n) is 3.60. The zero-order valence-electron chi connectivity index (χ0n) is 8.90. The van der Waals surface area contributed by atoms with Crippen molar-refractivity contribution in [1.82, 2.24) is 15.1 Å². The monoisotopic (exact) mass is 262 g/mol. The number of amides is 1. The van der Waals surface area contributed by atoms with E-state index in [1.165, 1.54) is 12.4 Å². The Kier molecular flexibility index (Phi) is 3.95. The molecule has 0 bridgehead atoms. The summed E-state index contributed by atoms with van der Waals surface area (Å²) in [7, 11) is 0. The summed E-state index contributed by atoms with van der Waals surface area (Å²) in [6, 6.07) is -0.224. The highest BCUT2D eigenvalue weighted by atomic mass is 32.2. The number of anilines is 1. The number of aromatic nitrogens is 2. The lowest BCUT2D eigenvalue weighted by Crippen LogP contribution is -2.37. The molecule has 0 spiro atoms. The minimum absolute atomic E-state index is 0.161. The number of hydrogen-bond donors (Lipinski definition) is 2. The van der Waals surface area contributed by atoms with Crippen molar-refractivity contribution >= 4 is 23.4 Å². The topological polar surface area (TPSA) is 59.0 Å². The molecule has 1 aromatic rings. The van der Waals surface area contributed by atoms with E-state index < -0.39 is 13.0 Å². The van der Waals surface area contributed by atoms with Crippen LogP contribution in [0.4, 0.5) is 14.5 Å². The predicted molar refractivity (Wildman–Crippen MR) is 61.1 cm³/mol. The number of thioether (sulfide) groups is 1. The first-order chi connectivity index (χ1) is 8.15. The molecule has 1 aromatic heterocycles. The number of carbonyl (C=O) groups is 1. The van der Waals surface area contributed by atoms with Gasteiger partial charge in [-0.3, -0.25) is 14.8 Å². The van der Waals surface area contributed by atoms with Gasteiger partial charge < -0.3 is 5.32 Å². The molecule has 0 aromatic carbocycles. The number of nitrogens with zero attached hydrogens (tertiary/aromatic N) is 2. The predicted octanol–water partition coefficient (Wildman–Crippen LogP) is 0.749. The van der Waals surface area contributed by atoms with E-state index in [4.69, 9.17) is 0 Å². The van der Waals surface area contributed by atoms with Crippen LogP contribution in [0.5, 0.6) is 0 Å². The third-order valence-corrected chi connectivity index (χ3v) is 3.20. The first-order valence-electron chi connectivity index (χ1n) is 5.08. The van der Waals surface area contributed by atoms with Crippen molar-refractivity contribution in [3.63, 3.8) is 0 Å². The molecule has 1 fully saturated rings. The summed E-state index contributed by atoms with van der Waals surface area (Å²) in [6.07, 6.45) is 0.306. The summed E-state index contributed by atoms with van der Waals surface area (Å²) in [5.41, 5.74) is 0.439. The lowest BCUT2D eigenvalue weighted by molar-refractivity contribution is -0.117. The molecule has 8 heteroatoms. The zero-order valence-corrected chi connectivity index (χ0v) is 9.71. The fourth-order valence-corrected chi connectivity index (χ4v) is 2.40. The van der Waals surface area contributed by atoms with Gasteiger partial charge in [-0.05, 0) is 0 Å². The number of nitrogens with one attached hydrogen (secondary N) is 2. The number of carbonyl (C=O) groups excluding carboxylic acids is 1. The Morgan fingerprint density at radius 2 is 2.59 bits per heavy atom. The maximum absolute atomic E-state index is 12.1. The number of rotatable bonds is 4. The molecule has 5 nitrogen and oxygen atoms in total. The summed E-state index contributed by atoms with van der Waals surface area (Å²) in [6.45, 7) is -0.465. The molecule has 0 saturated carbocycles. The van der Waals surface area contributed by atoms with Gasteiger partial charge in [0.2, 0.25) is 5.91 Å². The molecule has 1 unspecified atom stereocenters. The molecule has 1 atom stereocenters. The van der Waals surface area contributed by atoms with Crippen molar-refractivity contribution in [3.05, 3.63) is 12.4 Å². The molecule has 2 heterocycles. The molecular formula is C9H12F2N4OS. The second-order valence-corrected chi connectivity index (χ2v) is 4.63. The molecule has 1 aliphatic heterocycles. The minimum atomic E-state index is -2.45. The number of hydrogen-bond acceptors (Lipinski definition) is 4. The molecule has 0 radical (unpaired) electrons. The van der Waals surface area contributed by atoms with Crippen LogP contribution in [0.3, 0.4) is 0 Å². The molecular weight excluding hydrogens is 250 g/mol. The van der Waals surface area contributed by atoms with Crippen LogP contribution in [0.15, 0.2) is 12.4 Å². The van der Waals surface area contributed by atoms with Crippen molar-refractivity contribution in [1.29, 1.82) is 0 Å². The van der Waals surface area contributed by atoms with Gasteiger partial charge in [0, 0.05) is 17.8 Å². The summed E-state index contributed by atoms with van der Waals surface area (Å²) < 4.78 is 25.3. The number of alkyl halides is 2. The van der Waals surface area contributed by atoms with Gasteiger partial charge in [-0.25, -0.2) is 8.78 Å². The fourth-order valence-electron chi connectivity index (χ4n) is 1.46. The van der Waals surface area contributed by atoms with Gasteiger partial charge in [-0.15, -0.1) is 11.8 Å². The van der Waals surface area contributed by atoms with E-state index in [2.05, 4.69) is 15.7 Å². The van der Waals surface area contributed by atoms with Gasteiger partial charge >= 0.3 is 0 Å². The van der Waals surface area contributed by atoms with Crippen molar-refractivity contribution < 1.29 is 13.6 Å². The quantitative estimate of drug-likeness (QED) is 0.840. The Labute approximate surface area is 101 Å². The average molecular weight is 262 g/mol. The van der Waals surface area contributed by atoms with E-state index in [-0.39, 0.29) is 11.9 Å². The third kappa shape index (κ3) is 3.40. The van der Waals surface area contributed by atoms with Crippen LogP contribution in [-0.4, -0.2) is 39.8 Å². The van der Waals surface area contributed by atoms with Crippen molar-refractivity contribution in [2.45, 2.75) is 19.0 Å². The van der Waals surface area contributed by atoms with E-state index in [0.717, 1.165) is 16.3 Å². The molecule has 1 saturated heterocycles. The summed E-state index contributed by atoms with van der Waals surface area (Å²) in [5, 5.41) is 9.39. The minimum Gasteiger partial charge on any atom is -0.322 e. The van der Waals surface area contributed by atoms with Gasteiger partial charge in [0.25, 0.3) is 6.43 Å². The van der Waals surface area contributed by atoms with Crippen LogP contribution in [0.25, 0.3) is 0 Å². The van der Waals surface area contributed by atoms with Crippen LogP contribution < -0.4 is 10.6 Å². The second kappa shape index (κ2) is 5.46. The van der Waals surface area contributed by atoms with Gasteiger partial charge in [0.1, 0.15) is 6.54 Å². The Hall–Kier alpha value is -1.15. The maximum atomic E-state index is 12.1. The summed E-state index contributed by atoms with van der Waals surface area (Å²) in [5.74, 6) is 1.31. The van der Waals surface area contributed by atoms with E-state index in [1.807, 2.05) is 0 Å². The van der Waals surface area contributed by atoms with Crippen LogP contribution in [0.1, 0.15) is 0 Å². The van der Waals surface area contributed by atoms with Crippen LogP contribution in [0, 0.1) is 0 Å². The highest BCUT2D eigenvalue weighted by Gasteiger charge is 2.22. The van der Waals surface area contributed by atoms with Gasteiger partial charge in [0.15, 0.2) is 0 Å². The summed E-state index contributed by atoms with van der Waals surface area (Å²) in [4.78, 5) is 11.7. The fraction of sp³-hybridized carbons (Fsp3) is 0.556. The van der Waals surface area contributed by atoms with Gasteiger partial charge in [-0.1, -0.05) is 0 Å². The lowest BCUT2D eigenvalue weighted by atomic mass is 10.3. The molecule has 2 N–H and O–H groups in total. The Morgan fingerprint density at radius 3 is 3.24 bits per heavy atom. The molecule has 1 aliphatic rings. The average Bonchev–Trinajstić information content (AvgIpc) is 2.87. The van der Waals surface area contributed by atoms with Crippen molar-refractivity contribution in [2.75, 3.05) is 16.9 Å². The van der Waals surface area contributed by atoms with Crippen molar-refractivity contribution in [3.8, 4) is 0 Å².